The number of aliphatic hydroxyl groups excluding tert-OH is 1. The van der Waals surface area contributed by atoms with Crippen molar-refractivity contribution in [1.82, 2.24) is 0 Å². The summed E-state index contributed by atoms with van der Waals surface area (Å²) in [4.78, 5) is 0. The second kappa shape index (κ2) is 6.43. The summed E-state index contributed by atoms with van der Waals surface area (Å²) in [5.74, 6) is 1.09. The zero-order chi connectivity index (χ0) is 11.1. The summed E-state index contributed by atoms with van der Waals surface area (Å²) in [6.45, 7) is 3.32. The van der Waals surface area contributed by atoms with E-state index in [1.807, 2.05) is 31.2 Å². The maximum Gasteiger partial charge on any atom is 0.119 e. The van der Waals surface area contributed by atoms with E-state index in [4.69, 9.17) is 15.6 Å². The molecule has 1 aromatic rings. The van der Waals surface area contributed by atoms with Crippen LogP contribution in [-0.4, -0.2) is 24.9 Å². The van der Waals surface area contributed by atoms with Crippen LogP contribution in [0.4, 0.5) is 0 Å². The third-order valence-corrected chi connectivity index (χ3v) is 2.38. The van der Waals surface area contributed by atoms with Crippen molar-refractivity contribution in [2.45, 2.75) is 13.3 Å². The summed E-state index contributed by atoms with van der Waals surface area (Å²) < 4.78 is 5.58. The normalized spacial score (nSPS) is 12.5. The van der Waals surface area contributed by atoms with E-state index >= 15 is 0 Å². The van der Waals surface area contributed by atoms with Crippen LogP contribution in [0, 0.1) is 12.8 Å². The van der Waals surface area contributed by atoms with Crippen molar-refractivity contribution < 1.29 is 9.84 Å². The Hall–Kier alpha value is -1.06. The van der Waals surface area contributed by atoms with Crippen molar-refractivity contribution in [1.29, 1.82) is 0 Å². The van der Waals surface area contributed by atoms with Gasteiger partial charge in [0.2, 0.25) is 0 Å². The minimum atomic E-state index is 0.166. The van der Waals surface area contributed by atoms with E-state index in [1.54, 1.807) is 0 Å². The molecule has 0 aliphatic rings. The SMILES string of the molecule is Cc1ccc(OCC(CN)CCO)cc1. The van der Waals surface area contributed by atoms with E-state index in [0.29, 0.717) is 19.6 Å². The molecule has 0 aliphatic carbocycles. The molecule has 15 heavy (non-hydrogen) atoms. The topological polar surface area (TPSA) is 55.5 Å². The van der Waals surface area contributed by atoms with Gasteiger partial charge in [0, 0.05) is 12.5 Å². The van der Waals surface area contributed by atoms with E-state index < -0.39 is 0 Å². The average Bonchev–Trinajstić information content (AvgIpc) is 2.26. The molecule has 0 spiro atoms. The molecule has 0 saturated heterocycles. The Morgan fingerprint density at radius 3 is 2.53 bits per heavy atom. The Labute approximate surface area is 90.9 Å². The fourth-order valence-corrected chi connectivity index (χ4v) is 1.30. The van der Waals surface area contributed by atoms with Crippen molar-refractivity contribution in [2.75, 3.05) is 19.8 Å². The summed E-state index contributed by atoms with van der Waals surface area (Å²) in [5, 5.41) is 8.79. The van der Waals surface area contributed by atoms with Crippen molar-refractivity contribution in [3.05, 3.63) is 29.8 Å². The third-order valence-electron chi connectivity index (χ3n) is 2.38. The van der Waals surface area contributed by atoms with Crippen LogP contribution in [-0.2, 0) is 0 Å². The number of nitrogens with two attached hydrogens (primary N) is 1. The first-order valence-corrected chi connectivity index (χ1v) is 5.26. The van der Waals surface area contributed by atoms with Crippen LogP contribution in [0.15, 0.2) is 24.3 Å². The van der Waals surface area contributed by atoms with E-state index in [-0.39, 0.29) is 12.5 Å². The van der Waals surface area contributed by atoms with Gasteiger partial charge in [-0.15, -0.1) is 0 Å². The number of rotatable bonds is 6. The van der Waals surface area contributed by atoms with Crippen molar-refractivity contribution in [3.63, 3.8) is 0 Å². The lowest BCUT2D eigenvalue weighted by molar-refractivity contribution is 0.201. The zero-order valence-corrected chi connectivity index (χ0v) is 9.15. The van der Waals surface area contributed by atoms with Gasteiger partial charge >= 0.3 is 0 Å². The number of hydrogen-bond acceptors (Lipinski definition) is 3. The van der Waals surface area contributed by atoms with Crippen LogP contribution in [0.5, 0.6) is 5.75 Å². The number of aliphatic hydroxyl groups is 1. The van der Waals surface area contributed by atoms with Crippen LogP contribution in [0.1, 0.15) is 12.0 Å². The molecule has 0 heterocycles. The predicted molar refractivity (Wildman–Crippen MR) is 60.9 cm³/mol. The highest BCUT2D eigenvalue weighted by Gasteiger charge is 2.06. The second-order valence-corrected chi connectivity index (χ2v) is 3.74. The van der Waals surface area contributed by atoms with E-state index in [0.717, 1.165) is 5.75 Å². The molecule has 1 unspecified atom stereocenters. The Balaban J connectivity index is 2.38. The Morgan fingerprint density at radius 1 is 1.33 bits per heavy atom. The van der Waals surface area contributed by atoms with E-state index in [9.17, 15) is 0 Å². The lowest BCUT2D eigenvalue weighted by atomic mass is 10.1. The minimum Gasteiger partial charge on any atom is -0.493 e. The molecular formula is C12H19NO2. The molecular weight excluding hydrogens is 190 g/mol. The molecule has 0 fully saturated rings. The van der Waals surface area contributed by atoms with Crippen LogP contribution < -0.4 is 10.5 Å². The van der Waals surface area contributed by atoms with Crippen molar-refractivity contribution in [2.24, 2.45) is 11.7 Å². The smallest absolute Gasteiger partial charge is 0.119 e. The number of hydrogen-bond donors (Lipinski definition) is 2. The molecule has 0 aromatic heterocycles. The zero-order valence-electron chi connectivity index (χ0n) is 9.15. The van der Waals surface area contributed by atoms with Gasteiger partial charge in [0.05, 0.1) is 6.61 Å². The first-order valence-electron chi connectivity index (χ1n) is 5.26. The first-order chi connectivity index (χ1) is 7.26. The minimum absolute atomic E-state index is 0.166. The van der Waals surface area contributed by atoms with Crippen molar-refractivity contribution in [3.8, 4) is 5.75 Å². The summed E-state index contributed by atoms with van der Waals surface area (Å²) in [7, 11) is 0. The molecule has 0 amide bonds. The number of benzene rings is 1. The van der Waals surface area contributed by atoms with Gasteiger partial charge in [0.25, 0.3) is 0 Å². The molecule has 3 heteroatoms. The summed E-state index contributed by atoms with van der Waals surface area (Å²) in [5.41, 5.74) is 6.77. The molecule has 0 saturated carbocycles. The van der Waals surface area contributed by atoms with Crippen LogP contribution in [0.25, 0.3) is 0 Å². The van der Waals surface area contributed by atoms with E-state index in [2.05, 4.69) is 0 Å². The standard InChI is InChI=1S/C12H19NO2/c1-10-2-4-12(5-3-10)15-9-11(8-13)6-7-14/h2-5,11,14H,6-9,13H2,1H3. The highest BCUT2D eigenvalue weighted by Crippen LogP contribution is 2.13. The van der Waals surface area contributed by atoms with Crippen LogP contribution in [0.3, 0.4) is 0 Å². The molecule has 3 N–H and O–H groups in total. The Bertz CT molecular complexity index is 271. The molecule has 1 aromatic carbocycles. The van der Waals surface area contributed by atoms with Crippen molar-refractivity contribution >= 4 is 0 Å². The van der Waals surface area contributed by atoms with Gasteiger partial charge in [0.15, 0.2) is 0 Å². The van der Waals surface area contributed by atoms with Gasteiger partial charge in [-0.3, -0.25) is 0 Å². The molecule has 0 bridgehead atoms. The number of ether oxygens (including phenoxy) is 1. The summed E-state index contributed by atoms with van der Waals surface area (Å²) in [6.07, 6.45) is 0.697. The Morgan fingerprint density at radius 2 is 2.00 bits per heavy atom. The lowest BCUT2D eigenvalue weighted by Crippen LogP contribution is -2.22. The average molecular weight is 209 g/mol. The summed E-state index contributed by atoms with van der Waals surface area (Å²) >= 11 is 0. The first kappa shape index (κ1) is 12.0. The van der Waals surface area contributed by atoms with Gasteiger partial charge in [-0.25, -0.2) is 0 Å². The molecule has 3 nitrogen and oxygen atoms in total. The van der Waals surface area contributed by atoms with Crippen LogP contribution >= 0.6 is 0 Å². The Kier molecular flexibility index (Phi) is 5.15. The van der Waals surface area contributed by atoms with Crippen LogP contribution in [0.2, 0.25) is 0 Å². The second-order valence-electron chi connectivity index (χ2n) is 3.74. The third kappa shape index (κ3) is 4.32. The van der Waals surface area contributed by atoms with Gasteiger partial charge in [0.1, 0.15) is 5.75 Å². The monoisotopic (exact) mass is 209 g/mol. The van der Waals surface area contributed by atoms with Gasteiger partial charge in [-0.1, -0.05) is 17.7 Å². The number of aryl methyl sites for hydroxylation is 1. The largest absolute Gasteiger partial charge is 0.493 e. The quantitative estimate of drug-likeness (QED) is 0.743. The van der Waals surface area contributed by atoms with Gasteiger partial charge in [-0.2, -0.15) is 0 Å². The fourth-order valence-electron chi connectivity index (χ4n) is 1.30. The fraction of sp³-hybridized carbons (Fsp3) is 0.500. The summed E-state index contributed by atoms with van der Waals surface area (Å²) in [6, 6.07) is 7.92. The lowest BCUT2D eigenvalue weighted by Gasteiger charge is -2.14. The maximum atomic E-state index is 8.79. The van der Waals surface area contributed by atoms with Gasteiger partial charge in [-0.05, 0) is 32.0 Å². The maximum absolute atomic E-state index is 8.79. The molecule has 1 atom stereocenters. The predicted octanol–water partition coefficient (Wildman–Crippen LogP) is 1.33. The highest BCUT2D eigenvalue weighted by atomic mass is 16.5. The molecule has 0 aliphatic heterocycles. The van der Waals surface area contributed by atoms with E-state index in [1.165, 1.54) is 5.56 Å². The van der Waals surface area contributed by atoms with Gasteiger partial charge < -0.3 is 15.6 Å². The molecule has 1 rings (SSSR count). The molecule has 0 radical (unpaired) electrons. The highest BCUT2D eigenvalue weighted by molar-refractivity contribution is 5.26. The molecule has 84 valence electrons.